The van der Waals surface area contributed by atoms with Gasteiger partial charge in [0.2, 0.25) is 0 Å². The predicted octanol–water partition coefficient (Wildman–Crippen LogP) is -0.760. The van der Waals surface area contributed by atoms with Gasteiger partial charge in [0.1, 0.15) is 0 Å². The average Bonchev–Trinajstić information content (AvgIpc) is 2.48. The van der Waals surface area contributed by atoms with E-state index in [1.807, 2.05) is 6.92 Å². The molecular formula is C15H27NaO7S. The second-order valence-electron chi connectivity index (χ2n) is 5.19. The average molecular weight is 374 g/mol. The Labute approximate surface area is 167 Å². The summed E-state index contributed by atoms with van der Waals surface area (Å²) in [7, 11) is -4.06. The number of hydrogen-bond acceptors (Lipinski definition) is 6. The largest absolute Gasteiger partial charge is 1.00 e. The van der Waals surface area contributed by atoms with Crippen LogP contribution in [0.2, 0.25) is 0 Å². The molecule has 0 rings (SSSR count). The molecule has 0 saturated carbocycles. The first-order chi connectivity index (χ1) is 10.8. The maximum atomic E-state index is 11.5. The first-order valence-corrected chi connectivity index (χ1v) is 9.36. The van der Waals surface area contributed by atoms with Gasteiger partial charge in [-0.1, -0.05) is 33.1 Å². The van der Waals surface area contributed by atoms with Crippen molar-refractivity contribution < 1.29 is 63.0 Å². The molecule has 0 aliphatic carbocycles. The van der Waals surface area contributed by atoms with Crippen LogP contribution in [0.4, 0.5) is 0 Å². The van der Waals surface area contributed by atoms with E-state index in [1.165, 1.54) is 0 Å². The van der Waals surface area contributed by atoms with Crippen LogP contribution >= 0.6 is 0 Å². The van der Waals surface area contributed by atoms with Gasteiger partial charge in [0.25, 0.3) is 10.1 Å². The molecule has 9 heteroatoms. The van der Waals surface area contributed by atoms with E-state index >= 15 is 0 Å². The molecule has 1 unspecified atom stereocenters. The Morgan fingerprint density at radius 2 is 1.71 bits per heavy atom. The minimum absolute atomic E-state index is 0. The molecule has 0 aromatic rings. The molecule has 0 bridgehead atoms. The minimum Gasteiger partial charge on any atom is -1.00 e. The van der Waals surface area contributed by atoms with Gasteiger partial charge >= 0.3 is 41.5 Å². The van der Waals surface area contributed by atoms with E-state index in [4.69, 9.17) is 9.29 Å². The summed E-state index contributed by atoms with van der Waals surface area (Å²) in [5.41, 5.74) is 0. The van der Waals surface area contributed by atoms with Crippen LogP contribution in [0.15, 0.2) is 12.2 Å². The quantitative estimate of drug-likeness (QED) is 0.157. The van der Waals surface area contributed by atoms with Gasteiger partial charge in [-0.3, -0.25) is 4.55 Å². The van der Waals surface area contributed by atoms with Crippen LogP contribution in [-0.2, 0) is 29.2 Å². The minimum atomic E-state index is -4.06. The fourth-order valence-corrected chi connectivity index (χ4v) is 2.23. The van der Waals surface area contributed by atoms with E-state index in [-0.39, 0.29) is 44.0 Å². The molecule has 0 fully saturated rings. The summed E-state index contributed by atoms with van der Waals surface area (Å²) in [6.07, 6.45) is 6.00. The number of esters is 2. The van der Waals surface area contributed by atoms with Crippen LogP contribution < -0.4 is 29.6 Å². The summed E-state index contributed by atoms with van der Waals surface area (Å²) in [6.45, 7) is 4.30. The molecule has 0 heterocycles. The van der Waals surface area contributed by atoms with Gasteiger partial charge in [0, 0.05) is 12.2 Å². The second-order valence-corrected chi connectivity index (χ2v) is 6.76. The summed E-state index contributed by atoms with van der Waals surface area (Å²) >= 11 is 0. The second kappa shape index (κ2) is 14.9. The molecule has 0 radical (unpaired) electrons. The summed E-state index contributed by atoms with van der Waals surface area (Å²) in [6, 6.07) is 0. The van der Waals surface area contributed by atoms with Crippen LogP contribution in [-0.4, -0.2) is 43.9 Å². The fraction of sp³-hybridized carbons (Fsp3) is 0.733. The standard InChI is InChI=1S/C15H26O7S.Na.H/c1-3-5-7-13(4-2)12-22-15(17)9-8-14(16)21-10-6-11-23(18,19)20;;/h8-9,13H,3-7,10-12H2,1-2H3,(H,18,19,20);;/q;+1;-1/b9-8-;;. The number of rotatable bonds is 12. The van der Waals surface area contributed by atoms with Crippen molar-refractivity contribution in [3.63, 3.8) is 0 Å². The normalized spacial score (nSPS) is 12.5. The van der Waals surface area contributed by atoms with Crippen molar-refractivity contribution in [2.45, 2.75) is 46.0 Å². The molecule has 0 amide bonds. The van der Waals surface area contributed by atoms with E-state index in [9.17, 15) is 18.0 Å². The summed E-state index contributed by atoms with van der Waals surface area (Å²) in [5, 5.41) is 0. The maximum absolute atomic E-state index is 11.5. The predicted molar refractivity (Wildman–Crippen MR) is 86.5 cm³/mol. The number of unbranched alkanes of at least 4 members (excludes halogenated alkanes) is 1. The Morgan fingerprint density at radius 3 is 2.21 bits per heavy atom. The third-order valence-electron chi connectivity index (χ3n) is 3.15. The molecule has 1 atom stereocenters. The molecule has 1 N–H and O–H groups in total. The maximum Gasteiger partial charge on any atom is 1.00 e. The molecular weight excluding hydrogens is 347 g/mol. The van der Waals surface area contributed by atoms with Crippen molar-refractivity contribution in [1.29, 1.82) is 0 Å². The first-order valence-electron chi connectivity index (χ1n) is 7.75. The topological polar surface area (TPSA) is 107 Å². The Balaban J connectivity index is -0.00000242. The molecule has 0 aliphatic heterocycles. The number of carbonyl (C=O) groups is 2. The molecule has 136 valence electrons. The SMILES string of the molecule is CCCCC(CC)COC(=O)/C=C\C(=O)OCCCS(=O)(=O)O.[H-].[Na+]. The van der Waals surface area contributed by atoms with Crippen molar-refractivity contribution in [3.8, 4) is 0 Å². The molecule has 7 nitrogen and oxygen atoms in total. The van der Waals surface area contributed by atoms with Crippen LogP contribution in [0.3, 0.4) is 0 Å². The zero-order chi connectivity index (χ0) is 17.7. The van der Waals surface area contributed by atoms with Crippen LogP contribution in [0.25, 0.3) is 0 Å². The van der Waals surface area contributed by atoms with E-state index in [0.717, 1.165) is 37.8 Å². The van der Waals surface area contributed by atoms with Crippen molar-refractivity contribution in [1.82, 2.24) is 0 Å². The summed E-state index contributed by atoms with van der Waals surface area (Å²) in [4.78, 5) is 22.8. The zero-order valence-electron chi connectivity index (χ0n) is 15.7. The number of hydrogen-bond donors (Lipinski definition) is 1. The Morgan fingerprint density at radius 1 is 1.12 bits per heavy atom. The van der Waals surface area contributed by atoms with Crippen molar-refractivity contribution in [2.24, 2.45) is 5.92 Å². The summed E-state index contributed by atoms with van der Waals surface area (Å²) in [5.74, 6) is -1.55. The third kappa shape index (κ3) is 16.4. The summed E-state index contributed by atoms with van der Waals surface area (Å²) < 4.78 is 39.1. The Kier molecular flexibility index (Phi) is 16.0. The van der Waals surface area contributed by atoms with Crippen molar-refractivity contribution in [3.05, 3.63) is 12.2 Å². The van der Waals surface area contributed by atoms with Crippen LogP contribution in [0, 0.1) is 5.92 Å². The van der Waals surface area contributed by atoms with Gasteiger partial charge in [0.05, 0.1) is 19.0 Å². The van der Waals surface area contributed by atoms with Crippen LogP contribution in [0.5, 0.6) is 0 Å². The van der Waals surface area contributed by atoms with E-state index in [0.29, 0.717) is 12.5 Å². The Bertz CT molecular complexity index is 494. The van der Waals surface area contributed by atoms with Gasteiger partial charge < -0.3 is 10.9 Å². The van der Waals surface area contributed by atoms with E-state index < -0.39 is 27.8 Å². The molecule has 0 saturated heterocycles. The molecule has 0 aliphatic rings. The van der Waals surface area contributed by atoms with Crippen LogP contribution in [0.1, 0.15) is 47.4 Å². The number of ether oxygens (including phenoxy) is 2. The molecule has 0 aromatic carbocycles. The van der Waals surface area contributed by atoms with Gasteiger partial charge in [-0.15, -0.1) is 0 Å². The Hall–Kier alpha value is -0.410. The van der Waals surface area contributed by atoms with Gasteiger partial charge in [-0.2, -0.15) is 8.42 Å². The first kappa shape index (κ1) is 25.8. The van der Waals surface area contributed by atoms with Gasteiger partial charge in [-0.05, 0) is 18.8 Å². The third-order valence-corrected chi connectivity index (χ3v) is 3.96. The number of carbonyl (C=O) groups excluding carboxylic acids is 2. The van der Waals surface area contributed by atoms with E-state index in [2.05, 4.69) is 11.7 Å². The zero-order valence-corrected chi connectivity index (χ0v) is 17.5. The molecule has 0 aromatic heterocycles. The van der Waals surface area contributed by atoms with Gasteiger partial charge in [-0.25, -0.2) is 9.59 Å². The van der Waals surface area contributed by atoms with Crippen molar-refractivity contribution in [2.75, 3.05) is 19.0 Å². The van der Waals surface area contributed by atoms with E-state index in [1.54, 1.807) is 0 Å². The monoisotopic (exact) mass is 374 g/mol. The van der Waals surface area contributed by atoms with Gasteiger partial charge in [0.15, 0.2) is 0 Å². The van der Waals surface area contributed by atoms with Crippen molar-refractivity contribution >= 4 is 22.1 Å². The molecule has 24 heavy (non-hydrogen) atoms. The molecule has 0 spiro atoms. The smallest absolute Gasteiger partial charge is 1.00 e. The fourth-order valence-electron chi connectivity index (χ4n) is 1.74.